The zero-order valence-corrected chi connectivity index (χ0v) is 8.99. The Hall–Kier alpha value is -0.860. The molecule has 0 fully saturated rings. The second-order valence-corrected chi connectivity index (χ2v) is 3.61. The van der Waals surface area contributed by atoms with Crippen molar-refractivity contribution in [2.75, 3.05) is 6.61 Å². The van der Waals surface area contributed by atoms with E-state index in [1.807, 2.05) is 12.1 Å². The van der Waals surface area contributed by atoms with E-state index in [9.17, 15) is 0 Å². The Morgan fingerprint density at radius 1 is 1.36 bits per heavy atom. The maximum absolute atomic E-state index is 5.75. The Balaban J connectivity index is 2.35. The molecule has 0 radical (unpaired) electrons. The van der Waals surface area contributed by atoms with Gasteiger partial charge in [0, 0.05) is 6.04 Å². The van der Waals surface area contributed by atoms with Gasteiger partial charge in [0.15, 0.2) is 0 Å². The lowest BCUT2D eigenvalue weighted by Gasteiger charge is -2.10. The van der Waals surface area contributed by atoms with Crippen molar-refractivity contribution in [3.05, 3.63) is 35.4 Å². The molecule has 2 heteroatoms. The molecule has 1 aromatic rings. The molecule has 0 unspecified atom stereocenters. The smallest absolute Gasteiger partial charge is 0.0720 e. The highest BCUT2D eigenvalue weighted by Crippen LogP contribution is 2.08. The number of hydrogen-bond donors (Lipinski definition) is 1. The van der Waals surface area contributed by atoms with Crippen LogP contribution in [0.5, 0.6) is 0 Å². The van der Waals surface area contributed by atoms with E-state index in [0.29, 0.717) is 13.2 Å². The molecule has 0 bridgehead atoms. The molecule has 0 spiro atoms. The Bertz CT molecular complexity index is 273. The van der Waals surface area contributed by atoms with Gasteiger partial charge in [0.25, 0.3) is 0 Å². The van der Waals surface area contributed by atoms with Gasteiger partial charge in [-0.1, -0.05) is 31.2 Å². The third-order valence-corrected chi connectivity index (χ3v) is 2.38. The fourth-order valence-electron chi connectivity index (χ4n) is 1.21. The van der Waals surface area contributed by atoms with Crippen molar-refractivity contribution < 1.29 is 4.74 Å². The first kappa shape index (κ1) is 11.2. The maximum Gasteiger partial charge on any atom is 0.0720 e. The molecular weight excluding hydrogens is 174 g/mol. The molecule has 0 aromatic heterocycles. The molecule has 1 rings (SSSR count). The quantitative estimate of drug-likeness (QED) is 0.778. The van der Waals surface area contributed by atoms with Gasteiger partial charge in [-0.2, -0.15) is 0 Å². The first-order valence-corrected chi connectivity index (χ1v) is 5.12. The molecule has 0 amide bonds. The highest BCUT2D eigenvalue weighted by molar-refractivity contribution is 5.24. The number of ether oxygens (including phenoxy) is 1. The summed E-state index contributed by atoms with van der Waals surface area (Å²) in [5.74, 6) is 0. The summed E-state index contributed by atoms with van der Waals surface area (Å²) < 4.78 is 5.53. The summed E-state index contributed by atoms with van der Waals surface area (Å²) in [5, 5.41) is 0. The lowest BCUT2D eigenvalue weighted by molar-refractivity contribution is 0.106. The molecule has 1 atom stereocenters. The summed E-state index contributed by atoms with van der Waals surface area (Å²) in [6.45, 7) is 5.48. The second-order valence-electron chi connectivity index (χ2n) is 3.61. The highest BCUT2D eigenvalue weighted by atomic mass is 16.5. The van der Waals surface area contributed by atoms with Crippen molar-refractivity contribution in [3.8, 4) is 0 Å². The Morgan fingerprint density at radius 2 is 2.07 bits per heavy atom. The van der Waals surface area contributed by atoms with Gasteiger partial charge in [-0.15, -0.1) is 0 Å². The van der Waals surface area contributed by atoms with Crippen LogP contribution in [-0.4, -0.2) is 12.6 Å². The number of aryl methyl sites for hydroxylation is 1. The number of benzene rings is 1. The van der Waals surface area contributed by atoms with Crippen LogP contribution >= 0.6 is 0 Å². The first-order chi connectivity index (χ1) is 6.74. The van der Waals surface area contributed by atoms with Crippen molar-refractivity contribution in [1.82, 2.24) is 0 Å². The summed E-state index contributed by atoms with van der Waals surface area (Å²) >= 11 is 0. The van der Waals surface area contributed by atoms with Crippen molar-refractivity contribution in [2.45, 2.75) is 32.9 Å². The largest absolute Gasteiger partial charge is 0.375 e. The van der Waals surface area contributed by atoms with E-state index < -0.39 is 0 Å². The van der Waals surface area contributed by atoms with Crippen molar-refractivity contribution >= 4 is 0 Å². The average Bonchev–Trinajstić information content (AvgIpc) is 2.20. The van der Waals surface area contributed by atoms with E-state index in [1.165, 1.54) is 11.1 Å². The lowest BCUT2D eigenvalue weighted by Crippen LogP contribution is -2.24. The van der Waals surface area contributed by atoms with Crippen LogP contribution in [0, 0.1) is 6.92 Å². The topological polar surface area (TPSA) is 35.2 Å². The number of nitrogens with two attached hydrogens (primary N) is 1. The van der Waals surface area contributed by atoms with Gasteiger partial charge >= 0.3 is 0 Å². The lowest BCUT2D eigenvalue weighted by atomic mass is 10.1. The normalized spacial score (nSPS) is 12.8. The molecule has 0 aliphatic carbocycles. The fourth-order valence-corrected chi connectivity index (χ4v) is 1.21. The van der Waals surface area contributed by atoms with Crippen molar-refractivity contribution in [1.29, 1.82) is 0 Å². The summed E-state index contributed by atoms with van der Waals surface area (Å²) in [6.07, 6.45) is 0.966. The SMILES string of the molecule is CC[C@@H](N)COCc1ccccc1C. The molecule has 0 saturated heterocycles. The number of rotatable bonds is 5. The van der Waals surface area contributed by atoms with Gasteiger partial charge in [0.2, 0.25) is 0 Å². The molecule has 78 valence electrons. The van der Waals surface area contributed by atoms with Crippen LogP contribution in [0.4, 0.5) is 0 Å². The predicted octanol–water partition coefficient (Wildman–Crippen LogP) is 2.25. The molecule has 0 saturated carbocycles. The summed E-state index contributed by atoms with van der Waals surface area (Å²) in [6, 6.07) is 8.42. The van der Waals surface area contributed by atoms with Crippen LogP contribution in [0.1, 0.15) is 24.5 Å². The zero-order valence-electron chi connectivity index (χ0n) is 8.99. The molecule has 0 heterocycles. The van der Waals surface area contributed by atoms with E-state index in [-0.39, 0.29) is 6.04 Å². The van der Waals surface area contributed by atoms with Crippen LogP contribution in [0.3, 0.4) is 0 Å². The third kappa shape index (κ3) is 3.48. The van der Waals surface area contributed by atoms with Crippen LogP contribution in [0.15, 0.2) is 24.3 Å². The molecular formula is C12H19NO. The van der Waals surface area contributed by atoms with Gasteiger partial charge in [-0.3, -0.25) is 0 Å². The molecule has 0 aliphatic rings. The minimum Gasteiger partial charge on any atom is -0.375 e. The Morgan fingerprint density at radius 3 is 2.71 bits per heavy atom. The predicted molar refractivity (Wildman–Crippen MR) is 59.1 cm³/mol. The van der Waals surface area contributed by atoms with Crippen LogP contribution in [-0.2, 0) is 11.3 Å². The van der Waals surface area contributed by atoms with Gasteiger partial charge in [-0.05, 0) is 24.5 Å². The molecule has 14 heavy (non-hydrogen) atoms. The highest BCUT2D eigenvalue weighted by Gasteiger charge is 2.00. The average molecular weight is 193 g/mol. The van der Waals surface area contributed by atoms with Gasteiger partial charge < -0.3 is 10.5 Å². The van der Waals surface area contributed by atoms with E-state index in [4.69, 9.17) is 10.5 Å². The summed E-state index contributed by atoms with van der Waals surface area (Å²) in [5.41, 5.74) is 8.27. The number of hydrogen-bond acceptors (Lipinski definition) is 2. The summed E-state index contributed by atoms with van der Waals surface area (Å²) in [7, 11) is 0. The van der Waals surface area contributed by atoms with Gasteiger partial charge in [0.05, 0.1) is 13.2 Å². The van der Waals surface area contributed by atoms with Crippen LogP contribution < -0.4 is 5.73 Å². The van der Waals surface area contributed by atoms with Crippen molar-refractivity contribution in [2.24, 2.45) is 5.73 Å². The van der Waals surface area contributed by atoms with Crippen LogP contribution in [0.2, 0.25) is 0 Å². The first-order valence-electron chi connectivity index (χ1n) is 5.12. The zero-order chi connectivity index (χ0) is 10.4. The summed E-state index contributed by atoms with van der Waals surface area (Å²) in [4.78, 5) is 0. The van der Waals surface area contributed by atoms with E-state index in [2.05, 4.69) is 26.0 Å². The second kappa shape index (κ2) is 5.78. The van der Waals surface area contributed by atoms with Gasteiger partial charge in [-0.25, -0.2) is 0 Å². The van der Waals surface area contributed by atoms with Gasteiger partial charge in [0.1, 0.15) is 0 Å². The Labute approximate surface area is 86.1 Å². The van der Waals surface area contributed by atoms with Crippen LogP contribution in [0.25, 0.3) is 0 Å². The van der Waals surface area contributed by atoms with E-state index in [1.54, 1.807) is 0 Å². The standard InChI is InChI=1S/C12H19NO/c1-3-12(13)9-14-8-11-7-5-4-6-10(11)2/h4-7,12H,3,8-9,13H2,1-2H3/t12-/m1/s1. The minimum absolute atomic E-state index is 0.166. The minimum atomic E-state index is 0.166. The Kier molecular flexibility index (Phi) is 4.63. The third-order valence-electron chi connectivity index (χ3n) is 2.38. The fraction of sp³-hybridized carbons (Fsp3) is 0.500. The van der Waals surface area contributed by atoms with Crippen molar-refractivity contribution in [3.63, 3.8) is 0 Å². The molecule has 0 aliphatic heterocycles. The molecule has 1 aromatic carbocycles. The van der Waals surface area contributed by atoms with E-state index >= 15 is 0 Å². The monoisotopic (exact) mass is 193 g/mol. The maximum atomic E-state index is 5.75. The van der Waals surface area contributed by atoms with E-state index in [0.717, 1.165) is 6.42 Å². The molecule has 2 nitrogen and oxygen atoms in total. The molecule has 2 N–H and O–H groups in total.